The van der Waals surface area contributed by atoms with Gasteiger partial charge >= 0.3 is 0 Å². The molecular formula is C13H19IN6O2. The Morgan fingerprint density at radius 1 is 1.64 bits per heavy atom. The Morgan fingerprint density at radius 2 is 2.32 bits per heavy atom. The average Bonchev–Trinajstić information content (AvgIpc) is 3.09. The van der Waals surface area contributed by atoms with E-state index in [1.54, 1.807) is 16.6 Å². The summed E-state index contributed by atoms with van der Waals surface area (Å²) in [6.07, 6.45) is -0.256. The molecule has 1 amide bonds. The first kappa shape index (κ1) is 16.9. The van der Waals surface area contributed by atoms with Crippen LogP contribution in [0.15, 0.2) is 9.98 Å². The molecule has 2 atom stereocenters. The summed E-state index contributed by atoms with van der Waals surface area (Å²) in [7, 11) is 1.61. The summed E-state index contributed by atoms with van der Waals surface area (Å²) in [5.74, 6) is 0.643. The van der Waals surface area contributed by atoms with Crippen LogP contribution >= 0.6 is 22.6 Å². The minimum absolute atomic E-state index is 0.0184. The van der Waals surface area contributed by atoms with Crippen molar-refractivity contribution in [2.24, 2.45) is 15.7 Å². The summed E-state index contributed by atoms with van der Waals surface area (Å²) in [5.41, 5.74) is 6.57. The van der Waals surface area contributed by atoms with Crippen LogP contribution in [0, 0.1) is 3.70 Å². The molecule has 2 rings (SSSR count). The van der Waals surface area contributed by atoms with Crippen LogP contribution in [0.25, 0.3) is 0 Å². The maximum absolute atomic E-state index is 11.9. The van der Waals surface area contributed by atoms with Gasteiger partial charge in [-0.25, -0.2) is 9.67 Å². The molecule has 9 heteroatoms. The fourth-order valence-corrected chi connectivity index (χ4v) is 3.29. The molecule has 120 valence electrons. The molecule has 0 spiro atoms. The zero-order chi connectivity index (χ0) is 16.4. The van der Waals surface area contributed by atoms with Gasteiger partial charge in [0.05, 0.1) is 11.6 Å². The summed E-state index contributed by atoms with van der Waals surface area (Å²) in [6, 6.07) is -0.0184. The summed E-state index contributed by atoms with van der Waals surface area (Å²) < 4.78 is 2.45. The van der Waals surface area contributed by atoms with Gasteiger partial charge in [0.1, 0.15) is 15.6 Å². The second-order valence-corrected chi connectivity index (χ2v) is 6.13. The Kier molecular flexibility index (Phi) is 5.16. The Hall–Kier alpha value is -1.49. The number of aliphatic hydroxyl groups excluding tert-OH is 1. The lowest BCUT2D eigenvalue weighted by Gasteiger charge is -2.18. The van der Waals surface area contributed by atoms with E-state index in [-0.39, 0.29) is 11.9 Å². The normalized spacial score (nSPS) is 20.3. The van der Waals surface area contributed by atoms with Crippen molar-refractivity contribution in [2.75, 3.05) is 20.1 Å². The fraction of sp³-hybridized carbons (Fsp3) is 0.538. The zero-order valence-electron chi connectivity index (χ0n) is 12.5. The van der Waals surface area contributed by atoms with Crippen molar-refractivity contribution < 1.29 is 9.90 Å². The molecule has 0 saturated carbocycles. The molecule has 1 aliphatic heterocycles. The number of carbonyl (C=O) groups is 1. The summed E-state index contributed by atoms with van der Waals surface area (Å²) >= 11 is 2.08. The molecule has 0 aliphatic carbocycles. The maximum atomic E-state index is 11.9. The largest absolute Gasteiger partial charge is 0.384 e. The van der Waals surface area contributed by atoms with Crippen molar-refractivity contribution in [3.8, 4) is 0 Å². The number of amides is 1. The molecule has 0 unspecified atom stereocenters. The van der Waals surface area contributed by atoms with E-state index in [1.165, 1.54) is 6.92 Å². The predicted molar refractivity (Wildman–Crippen MR) is 92.7 cm³/mol. The number of nitrogens with zero attached hydrogens (tertiary/aromatic N) is 5. The van der Waals surface area contributed by atoms with Gasteiger partial charge in [0, 0.05) is 20.1 Å². The highest BCUT2D eigenvalue weighted by molar-refractivity contribution is 14.1. The van der Waals surface area contributed by atoms with E-state index in [4.69, 9.17) is 5.73 Å². The van der Waals surface area contributed by atoms with Gasteiger partial charge in [-0.1, -0.05) is 0 Å². The van der Waals surface area contributed by atoms with Crippen LogP contribution in [-0.4, -0.2) is 64.5 Å². The van der Waals surface area contributed by atoms with Crippen molar-refractivity contribution >= 4 is 46.9 Å². The number of rotatable bonds is 4. The number of likely N-dealkylation sites (tertiary alicyclic amines) is 1. The van der Waals surface area contributed by atoms with Gasteiger partial charge in [-0.05, 0) is 42.7 Å². The van der Waals surface area contributed by atoms with Gasteiger partial charge in [0.25, 0.3) is 5.91 Å². The number of aliphatic hydroxyl groups is 1. The van der Waals surface area contributed by atoms with E-state index in [0.29, 0.717) is 34.0 Å². The minimum Gasteiger partial charge on any atom is -0.384 e. The number of halogens is 1. The Labute approximate surface area is 142 Å². The lowest BCUT2D eigenvalue weighted by atomic mass is 10.2. The van der Waals surface area contributed by atoms with Crippen LogP contribution in [0.4, 0.5) is 5.82 Å². The van der Waals surface area contributed by atoms with Crippen molar-refractivity contribution in [2.45, 2.75) is 25.5 Å². The third-order valence-electron chi connectivity index (χ3n) is 3.67. The number of carbonyl (C=O) groups excluding carboxylic acids is 1. The molecule has 1 saturated heterocycles. The molecule has 0 aromatic carbocycles. The van der Waals surface area contributed by atoms with Crippen molar-refractivity contribution in [3.05, 3.63) is 9.26 Å². The Bertz CT molecular complexity index is 624. The molecule has 0 radical (unpaired) electrons. The summed E-state index contributed by atoms with van der Waals surface area (Å²) in [4.78, 5) is 21.5. The first-order chi connectivity index (χ1) is 10.4. The molecule has 1 fully saturated rings. The number of aliphatic imine (C=N–C) groups is 2. The van der Waals surface area contributed by atoms with Gasteiger partial charge in [-0.3, -0.25) is 9.79 Å². The lowest BCUT2D eigenvalue weighted by Crippen LogP contribution is -2.36. The molecule has 22 heavy (non-hydrogen) atoms. The van der Waals surface area contributed by atoms with Gasteiger partial charge in [0.15, 0.2) is 5.82 Å². The standard InChI is InChI=1S/C13H19IN6O2/c1-7(21)13(22)19-5-4-8(6-19)20-12(17-3)9(10(14)18-20)11(15)16-2/h7-8,21H,3-6H2,1-2H3,(H2,15,16)/t7-,8+/m0/s1. The first-order valence-electron chi connectivity index (χ1n) is 6.84. The minimum atomic E-state index is -0.994. The molecule has 8 nitrogen and oxygen atoms in total. The third-order valence-corrected chi connectivity index (χ3v) is 4.42. The zero-order valence-corrected chi connectivity index (χ0v) is 14.7. The van der Waals surface area contributed by atoms with Gasteiger partial charge in [-0.15, -0.1) is 0 Å². The highest BCUT2D eigenvalue weighted by Crippen LogP contribution is 2.31. The summed E-state index contributed by atoms with van der Waals surface area (Å²) in [5, 5.41) is 13.9. The van der Waals surface area contributed by atoms with E-state index in [1.807, 2.05) is 0 Å². The van der Waals surface area contributed by atoms with Crippen molar-refractivity contribution in [3.63, 3.8) is 0 Å². The molecule has 1 aliphatic rings. The van der Waals surface area contributed by atoms with Crippen LogP contribution in [0.2, 0.25) is 0 Å². The second kappa shape index (κ2) is 6.73. The van der Waals surface area contributed by atoms with Gasteiger partial charge in [-0.2, -0.15) is 5.10 Å². The predicted octanol–water partition coefficient (Wildman–Crippen LogP) is 0.309. The number of aromatic nitrogens is 2. The molecule has 0 bridgehead atoms. The second-order valence-electron chi connectivity index (χ2n) is 5.10. The van der Waals surface area contributed by atoms with Gasteiger partial charge in [0.2, 0.25) is 0 Å². The van der Waals surface area contributed by atoms with Crippen molar-refractivity contribution in [1.29, 1.82) is 0 Å². The highest BCUT2D eigenvalue weighted by Gasteiger charge is 2.32. The smallest absolute Gasteiger partial charge is 0.251 e. The topological polar surface area (TPSA) is 109 Å². The fourth-order valence-electron chi connectivity index (χ4n) is 2.54. The third kappa shape index (κ3) is 3.00. The number of hydrogen-bond donors (Lipinski definition) is 2. The molecule has 2 heterocycles. The number of hydrogen-bond acceptors (Lipinski definition) is 5. The number of amidine groups is 1. The van der Waals surface area contributed by atoms with E-state index < -0.39 is 6.10 Å². The SMILES string of the molecule is C=Nc1c(C(N)=NC)c(I)nn1[C@@H]1CCN(C(=O)[C@H](C)O)C1. The van der Waals surface area contributed by atoms with E-state index in [0.717, 1.165) is 6.42 Å². The highest BCUT2D eigenvalue weighted by atomic mass is 127. The van der Waals surface area contributed by atoms with Gasteiger partial charge < -0.3 is 15.7 Å². The molecule has 1 aromatic rings. The first-order valence-corrected chi connectivity index (χ1v) is 7.92. The van der Waals surface area contributed by atoms with E-state index >= 15 is 0 Å². The van der Waals surface area contributed by atoms with Crippen LogP contribution in [0.1, 0.15) is 24.9 Å². The lowest BCUT2D eigenvalue weighted by molar-refractivity contribution is -0.138. The van der Waals surface area contributed by atoms with E-state index in [9.17, 15) is 9.90 Å². The molecular weight excluding hydrogens is 399 g/mol. The van der Waals surface area contributed by atoms with Crippen molar-refractivity contribution in [1.82, 2.24) is 14.7 Å². The average molecular weight is 418 g/mol. The number of nitrogens with two attached hydrogens (primary N) is 1. The molecule has 1 aromatic heterocycles. The van der Waals surface area contributed by atoms with Crippen LogP contribution in [0.3, 0.4) is 0 Å². The van der Waals surface area contributed by atoms with Crippen LogP contribution in [0.5, 0.6) is 0 Å². The Balaban J connectivity index is 2.31. The quantitative estimate of drug-likeness (QED) is 0.417. The monoisotopic (exact) mass is 418 g/mol. The Morgan fingerprint density at radius 3 is 2.86 bits per heavy atom. The van der Waals surface area contributed by atoms with Crippen LogP contribution < -0.4 is 5.73 Å². The summed E-state index contributed by atoms with van der Waals surface area (Å²) in [6.45, 7) is 6.12. The maximum Gasteiger partial charge on any atom is 0.251 e. The van der Waals surface area contributed by atoms with E-state index in [2.05, 4.69) is 44.4 Å². The molecule has 3 N–H and O–H groups in total. The van der Waals surface area contributed by atoms with Crippen LogP contribution in [-0.2, 0) is 4.79 Å².